The van der Waals surface area contributed by atoms with E-state index in [0.29, 0.717) is 6.54 Å². The smallest absolute Gasteiger partial charge is 0.173 e. The van der Waals surface area contributed by atoms with Crippen molar-refractivity contribution < 1.29 is 4.79 Å². The van der Waals surface area contributed by atoms with Crippen LogP contribution in [0.2, 0.25) is 0 Å². The molecule has 3 nitrogen and oxygen atoms in total. The van der Waals surface area contributed by atoms with E-state index in [9.17, 15) is 4.79 Å². The monoisotopic (exact) mass is 174 g/mol. The Bertz CT molecular complexity index is 337. The molecular formula is C10H10N2O. The Hall–Kier alpha value is -1.64. The van der Waals surface area contributed by atoms with E-state index in [0.717, 1.165) is 5.70 Å². The maximum atomic E-state index is 11.3. The van der Waals surface area contributed by atoms with E-state index in [1.54, 1.807) is 6.21 Å². The first-order chi connectivity index (χ1) is 6.36. The summed E-state index contributed by atoms with van der Waals surface area (Å²) in [5.41, 5.74) is 1.01. The van der Waals surface area contributed by atoms with Crippen LogP contribution in [0, 0.1) is 0 Å². The molecule has 0 saturated heterocycles. The van der Waals surface area contributed by atoms with E-state index in [4.69, 9.17) is 0 Å². The van der Waals surface area contributed by atoms with Crippen molar-refractivity contribution in [1.82, 2.24) is 4.90 Å². The Morgan fingerprint density at radius 1 is 1.38 bits per heavy atom. The van der Waals surface area contributed by atoms with Crippen molar-refractivity contribution in [3.8, 4) is 0 Å². The SMILES string of the molecule is O=C1CN=C/C=C2/C=CC=CN2C1. The largest absolute Gasteiger partial charge is 0.340 e. The molecule has 0 atom stereocenters. The molecule has 2 heterocycles. The third-order valence-electron chi connectivity index (χ3n) is 1.94. The highest BCUT2D eigenvalue weighted by Gasteiger charge is 2.11. The first kappa shape index (κ1) is 7.98. The summed E-state index contributed by atoms with van der Waals surface area (Å²) < 4.78 is 0. The van der Waals surface area contributed by atoms with Crippen molar-refractivity contribution in [2.75, 3.05) is 13.1 Å². The number of hydrogen-bond donors (Lipinski definition) is 0. The summed E-state index contributed by atoms with van der Waals surface area (Å²) in [6, 6.07) is 0. The maximum absolute atomic E-state index is 11.3. The molecule has 2 rings (SSSR count). The molecule has 66 valence electrons. The van der Waals surface area contributed by atoms with Crippen LogP contribution in [0.4, 0.5) is 0 Å². The average molecular weight is 174 g/mol. The predicted octanol–water partition coefficient (Wildman–Crippen LogP) is 0.909. The number of ketones is 1. The van der Waals surface area contributed by atoms with Gasteiger partial charge in [-0.05, 0) is 18.2 Å². The fourth-order valence-corrected chi connectivity index (χ4v) is 1.31. The standard InChI is InChI=1S/C10H10N2O/c13-10-7-11-5-4-9-3-1-2-6-12(9)8-10/h1-6H,7-8H2/b9-4-,11-5?. The lowest BCUT2D eigenvalue weighted by molar-refractivity contribution is -0.117. The van der Waals surface area contributed by atoms with E-state index >= 15 is 0 Å². The van der Waals surface area contributed by atoms with Gasteiger partial charge in [0.15, 0.2) is 5.78 Å². The van der Waals surface area contributed by atoms with Crippen LogP contribution in [-0.2, 0) is 4.79 Å². The zero-order valence-corrected chi connectivity index (χ0v) is 7.18. The van der Waals surface area contributed by atoms with Crippen molar-refractivity contribution >= 4 is 12.0 Å². The molecule has 0 fully saturated rings. The minimum absolute atomic E-state index is 0.141. The predicted molar refractivity (Wildman–Crippen MR) is 51.4 cm³/mol. The van der Waals surface area contributed by atoms with Gasteiger partial charge in [-0.3, -0.25) is 9.79 Å². The normalized spacial score (nSPS) is 24.8. The quantitative estimate of drug-likeness (QED) is 0.546. The van der Waals surface area contributed by atoms with Crippen molar-refractivity contribution in [2.24, 2.45) is 4.99 Å². The molecule has 13 heavy (non-hydrogen) atoms. The number of aliphatic imine (C=N–C) groups is 1. The first-order valence-corrected chi connectivity index (χ1v) is 4.19. The first-order valence-electron chi connectivity index (χ1n) is 4.19. The molecule has 2 aliphatic rings. The summed E-state index contributed by atoms with van der Waals surface area (Å²) in [4.78, 5) is 17.1. The maximum Gasteiger partial charge on any atom is 0.173 e. The number of Topliss-reactive ketones (excluding diaryl/α,β-unsaturated/α-hetero) is 1. The molecule has 0 amide bonds. The van der Waals surface area contributed by atoms with Gasteiger partial charge in [-0.25, -0.2) is 0 Å². The molecule has 0 radical (unpaired) electrons. The number of rotatable bonds is 0. The molecular weight excluding hydrogens is 164 g/mol. The second kappa shape index (κ2) is 3.39. The molecule has 3 heteroatoms. The number of carbonyl (C=O) groups excluding carboxylic acids is 1. The van der Waals surface area contributed by atoms with Gasteiger partial charge in [0.1, 0.15) is 0 Å². The fraction of sp³-hybridized carbons (Fsp3) is 0.200. The van der Waals surface area contributed by atoms with Crippen LogP contribution in [0.1, 0.15) is 0 Å². The zero-order chi connectivity index (χ0) is 9.10. The van der Waals surface area contributed by atoms with Gasteiger partial charge in [-0.15, -0.1) is 0 Å². The summed E-state index contributed by atoms with van der Waals surface area (Å²) in [6.07, 6.45) is 11.3. The number of allylic oxidation sites excluding steroid dienone is 4. The lowest BCUT2D eigenvalue weighted by atomic mass is 10.2. The van der Waals surface area contributed by atoms with Crippen LogP contribution >= 0.6 is 0 Å². The van der Waals surface area contributed by atoms with Gasteiger partial charge < -0.3 is 4.90 Å². The Balaban J connectivity index is 2.29. The van der Waals surface area contributed by atoms with Gasteiger partial charge in [0.25, 0.3) is 0 Å². The van der Waals surface area contributed by atoms with Gasteiger partial charge in [-0.1, -0.05) is 6.08 Å². The highest BCUT2D eigenvalue weighted by molar-refractivity contribution is 5.86. The van der Waals surface area contributed by atoms with Gasteiger partial charge in [0.05, 0.1) is 13.1 Å². The highest BCUT2D eigenvalue weighted by atomic mass is 16.1. The molecule has 0 aliphatic carbocycles. The number of nitrogens with zero attached hydrogens (tertiary/aromatic N) is 2. The van der Waals surface area contributed by atoms with Crippen LogP contribution in [0.15, 0.2) is 41.2 Å². The Kier molecular flexibility index (Phi) is 2.08. The summed E-state index contributed by atoms with van der Waals surface area (Å²) >= 11 is 0. The lowest BCUT2D eigenvalue weighted by Gasteiger charge is -2.23. The van der Waals surface area contributed by atoms with E-state index in [1.165, 1.54) is 0 Å². The Morgan fingerprint density at radius 2 is 2.31 bits per heavy atom. The third kappa shape index (κ3) is 1.75. The van der Waals surface area contributed by atoms with Crippen LogP contribution in [0.25, 0.3) is 0 Å². The molecule has 0 spiro atoms. The molecule has 0 aromatic rings. The topological polar surface area (TPSA) is 32.7 Å². The van der Waals surface area contributed by atoms with E-state index in [1.807, 2.05) is 35.4 Å². The zero-order valence-electron chi connectivity index (χ0n) is 7.18. The second-order valence-electron chi connectivity index (χ2n) is 2.95. The van der Waals surface area contributed by atoms with E-state index in [2.05, 4.69) is 4.99 Å². The van der Waals surface area contributed by atoms with Gasteiger partial charge >= 0.3 is 0 Å². The summed E-state index contributed by atoms with van der Waals surface area (Å²) in [6.45, 7) is 0.710. The highest BCUT2D eigenvalue weighted by Crippen LogP contribution is 2.12. The summed E-state index contributed by atoms with van der Waals surface area (Å²) in [5, 5.41) is 0. The molecule has 0 N–H and O–H groups in total. The molecule has 2 aliphatic heterocycles. The minimum atomic E-state index is 0.141. The van der Waals surface area contributed by atoms with Crippen molar-refractivity contribution in [1.29, 1.82) is 0 Å². The molecule has 0 aromatic heterocycles. The molecule has 0 bridgehead atoms. The molecule has 0 unspecified atom stereocenters. The van der Waals surface area contributed by atoms with Gasteiger partial charge in [0.2, 0.25) is 0 Å². The van der Waals surface area contributed by atoms with Gasteiger partial charge in [-0.2, -0.15) is 0 Å². The average Bonchev–Trinajstić information content (AvgIpc) is 2.11. The Labute approximate surface area is 76.8 Å². The second-order valence-corrected chi connectivity index (χ2v) is 2.95. The van der Waals surface area contributed by atoms with Gasteiger partial charge in [0, 0.05) is 18.1 Å². The van der Waals surface area contributed by atoms with Crippen molar-refractivity contribution in [2.45, 2.75) is 0 Å². The van der Waals surface area contributed by atoms with Crippen LogP contribution in [0.5, 0.6) is 0 Å². The van der Waals surface area contributed by atoms with Crippen LogP contribution < -0.4 is 0 Å². The lowest BCUT2D eigenvalue weighted by Crippen LogP contribution is -2.27. The number of fused-ring (bicyclic) bond motifs is 1. The molecule has 0 saturated carbocycles. The summed E-state index contributed by atoms with van der Waals surface area (Å²) in [5.74, 6) is 0.141. The van der Waals surface area contributed by atoms with Crippen LogP contribution in [0.3, 0.4) is 0 Å². The number of carbonyl (C=O) groups is 1. The molecule has 0 aromatic carbocycles. The third-order valence-corrected chi connectivity index (χ3v) is 1.94. The van der Waals surface area contributed by atoms with E-state index in [-0.39, 0.29) is 12.3 Å². The minimum Gasteiger partial charge on any atom is -0.340 e. The summed E-state index contributed by atoms with van der Waals surface area (Å²) in [7, 11) is 0. The number of hydrogen-bond acceptors (Lipinski definition) is 3. The van der Waals surface area contributed by atoms with Crippen LogP contribution in [-0.4, -0.2) is 30.0 Å². The fourth-order valence-electron chi connectivity index (χ4n) is 1.31. The van der Waals surface area contributed by atoms with Crippen molar-refractivity contribution in [3.05, 3.63) is 36.2 Å². The van der Waals surface area contributed by atoms with E-state index < -0.39 is 0 Å². The Morgan fingerprint density at radius 3 is 3.23 bits per heavy atom. The van der Waals surface area contributed by atoms with Crippen molar-refractivity contribution in [3.63, 3.8) is 0 Å².